The molecule has 1 amide bonds. The number of carbonyl (C=O) groups is 1. The first-order valence-corrected chi connectivity index (χ1v) is 11.7. The van der Waals surface area contributed by atoms with E-state index >= 15 is 0 Å². The molecule has 172 valence electrons. The van der Waals surface area contributed by atoms with Gasteiger partial charge in [0.2, 0.25) is 0 Å². The Morgan fingerprint density at radius 2 is 2.03 bits per heavy atom. The Kier molecular flexibility index (Phi) is 5.44. The van der Waals surface area contributed by atoms with Crippen LogP contribution < -0.4 is 10.6 Å². The smallest absolute Gasteiger partial charge is 0.407 e. The van der Waals surface area contributed by atoms with E-state index in [1.807, 2.05) is 4.90 Å². The van der Waals surface area contributed by atoms with E-state index in [1.54, 1.807) is 17.6 Å². The van der Waals surface area contributed by atoms with Gasteiger partial charge in [0.25, 0.3) is 0 Å². The average Bonchev–Trinajstić information content (AvgIpc) is 2.76. The van der Waals surface area contributed by atoms with Crippen LogP contribution in [-0.2, 0) is 6.54 Å². The molecule has 0 spiro atoms. The quantitative estimate of drug-likeness (QED) is 0.575. The molecule has 2 aliphatic heterocycles. The first-order chi connectivity index (χ1) is 15.8. The number of aryl methyl sites for hydroxylation is 1. The summed E-state index contributed by atoms with van der Waals surface area (Å²) >= 11 is 8.12. The predicted molar refractivity (Wildman–Crippen MR) is 123 cm³/mol. The van der Waals surface area contributed by atoms with Gasteiger partial charge in [-0.1, -0.05) is 11.6 Å². The van der Waals surface area contributed by atoms with Crippen LogP contribution in [0, 0.1) is 11.6 Å². The van der Waals surface area contributed by atoms with Crippen LogP contribution in [0.2, 0.25) is 5.02 Å². The molecule has 0 radical (unpaired) electrons. The van der Waals surface area contributed by atoms with Gasteiger partial charge in [-0.3, -0.25) is 4.57 Å². The third kappa shape index (κ3) is 3.61. The summed E-state index contributed by atoms with van der Waals surface area (Å²) in [7, 11) is 0. The van der Waals surface area contributed by atoms with Crippen molar-refractivity contribution in [3.8, 4) is 11.1 Å². The number of hydrogen-bond acceptors (Lipinski definition) is 5. The zero-order chi connectivity index (χ0) is 23.4. The van der Waals surface area contributed by atoms with Crippen LogP contribution in [0.4, 0.5) is 19.4 Å². The highest BCUT2D eigenvalue weighted by Gasteiger charge is 2.31. The Balaban J connectivity index is 1.72. The number of amides is 1. The minimum atomic E-state index is -0.988. The second-order valence-electron chi connectivity index (χ2n) is 8.07. The van der Waals surface area contributed by atoms with E-state index in [4.69, 9.17) is 11.6 Å². The van der Waals surface area contributed by atoms with E-state index in [0.29, 0.717) is 52.6 Å². The Labute approximate surface area is 196 Å². The molecule has 3 aromatic rings. The van der Waals surface area contributed by atoms with Gasteiger partial charge in [0, 0.05) is 65.4 Å². The predicted octanol–water partition coefficient (Wildman–Crippen LogP) is 4.29. The van der Waals surface area contributed by atoms with Crippen LogP contribution >= 0.6 is 23.4 Å². The first-order valence-electron chi connectivity index (χ1n) is 10.4. The summed E-state index contributed by atoms with van der Waals surface area (Å²) in [6, 6.07) is 4.70. The standard InChI is InChI=1S/C22H19ClF2N4O3S/c1-11-10-27(4-5-28(11)22(31)32)20-14-9-15(23)17(13-3-2-12(24)8-16(13)25)19-18(14)29(6-7-33-19)21(30)26-20/h2-3,8-9,11H,4-7,10H2,1H3,(H,31,32). The van der Waals surface area contributed by atoms with Gasteiger partial charge >= 0.3 is 11.8 Å². The maximum absolute atomic E-state index is 14.7. The highest BCUT2D eigenvalue weighted by atomic mass is 35.5. The summed E-state index contributed by atoms with van der Waals surface area (Å²) in [6.45, 7) is 3.26. The molecule has 0 aliphatic carbocycles. The molecule has 1 N–H and O–H groups in total. The Hall–Kier alpha value is -2.85. The van der Waals surface area contributed by atoms with Crippen molar-refractivity contribution in [2.75, 3.05) is 30.3 Å². The number of nitrogens with zero attached hydrogens (tertiary/aromatic N) is 4. The van der Waals surface area contributed by atoms with Crippen molar-refractivity contribution < 1.29 is 18.7 Å². The van der Waals surface area contributed by atoms with Gasteiger partial charge in [-0.25, -0.2) is 18.4 Å². The first kappa shape index (κ1) is 22.0. The molecule has 11 heteroatoms. The molecular formula is C22H19ClF2N4O3S. The zero-order valence-corrected chi connectivity index (χ0v) is 19.1. The molecule has 5 rings (SSSR count). The summed E-state index contributed by atoms with van der Waals surface area (Å²) in [6.07, 6.45) is -0.988. The van der Waals surface area contributed by atoms with Crippen LogP contribution in [0.15, 0.2) is 34.0 Å². The van der Waals surface area contributed by atoms with E-state index in [9.17, 15) is 23.5 Å². The molecule has 1 fully saturated rings. The Morgan fingerprint density at radius 3 is 2.73 bits per heavy atom. The van der Waals surface area contributed by atoms with Gasteiger partial charge < -0.3 is 14.9 Å². The molecule has 1 unspecified atom stereocenters. The minimum Gasteiger partial charge on any atom is -0.465 e. The molecule has 1 atom stereocenters. The average molecular weight is 493 g/mol. The lowest BCUT2D eigenvalue weighted by atomic mass is 10.0. The SMILES string of the molecule is CC1CN(c2nc(=O)n3c4c(c(-c5ccc(F)cc5F)c(Cl)cc24)SCC3)CCN1C(=O)O. The molecule has 0 saturated carbocycles. The van der Waals surface area contributed by atoms with E-state index < -0.39 is 23.4 Å². The summed E-state index contributed by atoms with van der Waals surface area (Å²) in [5.74, 6) is -0.416. The highest BCUT2D eigenvalue weighted by Crippen LogP contribution is 2.46. The number of thioether (sulfide) groups is 1. The topological polar surface area (TPSA) is 78.7 Å². The van der Waals surface area contributed by atoms with Gasteiger partial charge in [0.05, 0.1) is 10.5 Å². The van der Waals surface area contributed by atoms with Gasteiger partial charge in [-0.15, -0.1) is 11.8 Å². The monoisotopic (exact) mass is 492 g/mol. The Bertz CT molecular complexity index is 1370. The summed E-state index contributed by atoms with van der Waals surface area (Å²) in [5.41, 5.74) is 0.757. The number of halogens is 3. The fourth-order valence-corrected chi connectivity index (χ4v) is 6.13. The van der Waals surface area contributed by atoms with Gasteiger partial charge in [-0.2, -0.15) is 4.98 Å². The van der Waals surface area contributed by atoms with Crippen LogP contribution in [0.1, 0.15) is 6.92 Å². The molecule has 7 nitrogen and oxygen atoms in total. The van der Waals surface area contributed by atoms with Crippen molar-refractivity contribution in [3.63, 3.8) is 0 Å². The molecule has 3 heterocycles. The lowest BCUT2D eigenvalue weighted by molar-refractivity contribution is 0.122. The van der Waals surface area contributed by atoms with Crippen molar-refractivity contribution in [2.24, 2.45) is 0 Å². The normalized spacial score (nSPS) is 18.1. The van der Waals surface area contributed by atoms with Crippen molar-refractivity contribution in [1.29, 1.82) is 0 Å². The lowest BCUT2D eigenvalue weighted by Gasteiger charge is -2.39. The van der Waals surface area contributed by atoms with Crippen molar-refractivity contribution in [2.45, 2.75) is 24.4 Å². The van der Waals surface area contributed by atoms with Crippen LogP contribution in [-0.4, -0.2) is 57.1 Å². The Morgan fingerprint density at radius 1 is 1.24 bits per heavy atom. The summed E-state index contributed by atoms with van der Waals surface area (Å²) in [4.78, 5) is 32.6. The highest BCUT2D eigenvalue weighted by molar-refractivity contribution is 7.99. The molecular weight excluding hydrogens is 474 g/mol. The van der Waals surface area contributed by atoms with Gasteiger partial charge in [-0.05, 0) is 25.1 Å². The van der Waals surface area contributed by atoms with Crippen molar-refractivity contribution >= 4 is 46.2 Å². The molecule has 0 bridgehead atoms. The molecule has 2 aromatic carbocycles. The lowest BCUT2D eigenvalue weighted by Crippen LogP contribution is -2.54. The van der Waals surface area contributed by atoms with Crippen LogP contribution in [0.25, 0.3) is 22.0 Å². The van der Waals surface area contributed by atoms with Gasteiger partial charge in [0.15, 0.2) is 0 Å². The second kappa shape index (κ2) is 8.18. The fourth-order valence-electron chi connectivity index (χ4n) is 4.57. The van der Waals surface area contributed by atoms with Crippen molar-refractivity contribution in [1.82, 2.24) is 14.5 Å². The van der Waals surface area contributed by atoms with E-state index in [-0.39, 0.29) is 23.2 Å². The molecule has 33 heavy (non-hydrogen) atoms. The van der Waals surface area contributed by atoms with E-state index in [2.05, 4.69) is 4.98 Å². The number of benzene rings is 2. The third-order valence-electron chi connectivity index (χ3n) is 6.08. The minimum absolute atomic E-state index is 0.161. The molecule has 1 saturated heterocycles. The number of aromatic nitrogens is 2. The summed E-state index contributed by atoms with van der Waals surface area (Å²) < 4.78 is 29.8. The largest absolute Gasteiger partial charge is 0.465 e. The zero-order valence-electron chi connectivity index (χ0n) is 17.5. The number of anilines is 1. The maximum atomic E-state index is 14.7. The maximum Gasteiger partial charge on any atom is 0.407 e. The number of hydrogen-bond donors (Lipinski definition) is 1. The van der Waals surface area contributed by atoms with E-state index in [0.717, 1.165) is 6.07 Å². The van der Waals surface area contributed by atoms with E-state index in [1.165, 1.54) is 28.8 Å². The number of carboxylic acid groups (broad SMARTS) is 1. The molecule has 1 aromatic heterocycles. The fraction of sp³-hybridized carbons (Fsp3) is 0.318. The van der Waals surface area contributed by atoms with Crippen LogP contribution in [0.3, 0.4) is 0 Å². The second-order valence-corrected chi connectivity index (χ2v) is 9.58. The van der Waals surface area contributed by atoms with Crippen molar-refractivity contribution in [3.05, 3.63) is 51.4 Å². The summed E-state index contributed by atoms with van der Waals surface area (Å²) in [5, 5.41) is 10.3. The third-order valence-corrected chi connectivity index (χ3v) is 7.46. The number of piperazine rings is 1. The molecule has 2 aliphatic rings. The number of rotatable bonds is 2. The van der Waals surface area contributed by atoms with Gasteiger partial charge in [0.1, 0.15) is 17.5 Å². The van der Waals surface area contributed by atoms with Crippen LogP contribution in [0.5, 0.6) is 0 Å².